The van der Waals surface area contributed by atoms with Gasteiger partial charge in [0, 0.05) is 18.8 Å². The molecule has 0 unspecified atom stereocenters. The molecular formula is C30H45N5O8S. The van der Waals surface area contributed by atoms with Gasteiger partial charge in [-0.1, -0.05) is 38.9 Å². The van der Waals surface area contributed by atoms with Crippen LogP contribution in [0.5, 0.6) is 0 Å². The smallest absolute Gasteiger partial charge is 0.408 e. The molecule has 13 nitrogen and oxygen atoms in total. The summed E-state index contributed by atoms with van der Waals surface area (Å²) in [5.74, 6) is -2.40. The topological polar surface area (TPSA) is 173 Å². The Kier molecular flexibility index (Phi) is 8.53. The van der Waals surface area contributed by atoms with Crippen LogP contribution in [-0.4, -0.2) is 84.0 Å². The van der Waals surface area contributed by atoms with Crippen molar-refractivity contribution >= 4 is 39.5 Å². The summed E-state index contributed by atoms with van der Waals surface area (Å²) in [4.78, 5) is 61.8. The van der Waals surface area contributed by atoms with E-state index < -0.39 is 73.6 Å². The summed E-state index contributed by atoms with van der Waals surface area (Å²) in [5, 5.41) is 9.13. The van der Waals surface area contributed by atoms with Crippen molar-refractivity contribution in [3.8, 4) is 0 Å². The zero-order chi connectivity index (χ0) is 32.1. The quantitative estimate of drug-likeness (QED) is 0.307. The number of nitrogens with zero attached hydrogens (tertiary/aromatic N) is 2. The monoisotopic (exact) mass is 635 g/mol. The first-order valence-electron chi connectivity index (χ1n) is 15.7. The van der Waals surface area contributed by atoms with Gasteiger partial charge in [-0.3, -0.25) is 19.1 Å². The molecular weight excluding hydrogens is 590 g/mol. The summed E-state index contributed by atoms with van der Waals surface area (Å²) in [6, 6.07) is -2.10. The lowest BCUT2D eigenvalue weighted by Gasteiger charge is -2.35. The van der Waals surface area contributed by atoms with Gasteiger partial charge in [0.15, 0.2) is 5.60 Å². The van der Waals surface area contributed by atoms with Gasteiger partial charge < -0.3 is 25.1 Å². The first-order valence-corrected chi connectivity index (χ1v) is 17.2. The Hall–Kier alpha value is -3.16. The summed E-state index contributed by atoms with van der Waals surface area (Å²) in [6.45, 7) is 11.2. The second-order valence-electron chi connectivity index (χ2n) is 14.1. The van der Waals surface area contributed by atoms with Crippen molar-refractivity contribution in [3.05, 3.63) is 12.7 Å². The lowest BCUT2D eigenvalue weighted by atomic mass is 9.85. The minimum absolute atomic E-state index is 0.0446. The van der Waals surface area contributed by atoms with E-state index in [-0.39, 0.29) is 25.5 Å². The van der Waals surface area contributed by atoms with Gasteiger partial charge in [0.2, 0.25) is 21.8 Å². The van der Waals surface area contributed by atoms with Crippen LogP contribution in [0.15, 0.2) is 17.8 Å². The van der Waals surface area contributed by atoms with Gasteiger partial charge in [0.05, 0.1) is 17.5 Å². The summed E-state index contributed by atoms with van der Waals surface area (Å²) < 4.78 is 32.8. The third kappa shape index (κ3) is 6.45. The molecule has 3 saturated carbocycles. The highest BCUT2D eigenvalue weighted by molar-refractivity contribution is 7.91. The highest BCUT2D eigenvalue weighted by Crippen LogP contribution is 2.46. The van der Waals surface area contributed by atoms with Crippen molar-refractivity contribution in [1.29, 1.82) is 0 Å². The van der Waals surface area contributed by atoms with E-state index in [9.17, 15) is 27.6 Å². The van der Waals surface area contributed by atoms with E-state index >= 15 is 0 Å². The Morgan fingerprint density at radius 3 is 2.39 bits per heavy atom. The average molecular weight is 636 g/mol. The Morgan fingerprint density at radius 1 is 1.16 bits per heavy atom. The standard InChI is InChI=1S/C30H45N5O8S/c1-6-18-14-30(18,26(38)34-44(40,41)21-12-13-21)32-24(36)22-16-29(15-19(7-2)33-43-29)17-35(22)25(37)23(28(3,4)5)31-27(39)42-20-10-8-9-11-20/h6,18,20-23H,1,7-17H2,2-5H3,(H,31,39)(H,32,36)(H,34,38)/t18-,22+,23-,29-,30-/m1/s1. The molecule has 4 amide bonds. The van der Waals surface area contributed by atoms with Gasteiger partial charge >= 0.3 is 6.09 Å². The molecule has 0 bridgehead atoms. The number of alkyl carbamates (subject to hydrolysis) is 1. The first-order chi connectivity index (χ1) is 20.6. The van der Waals surface area contributed by atoms with Crippen molar-refractivity contribution < 1.29 is 37.2 Å². The van der Waals surface area contributed by atoms with Crippen LogP contribution < -0.4 is 15.4 Å². The summed E-state index contributed by atoms with van der Waals surface area (Å²) in [7, 11) is -3.85. The Balaban J connectivity index is 1.38. The first kappa shape index (κ1) is 32.2. The zero-order valence-electron chi connectivity index (χ0n) is 26.0. The number of hydrogen-bond donors (Lipinski definition) is 3. The maximum atomic E-state index is 14.3. The van der Waals surface area contributed by atoms with E-state index in [2.05, 4.69) is 27.1 Å². The minimum Gasteiger partial charge on any atom is -0.446 e. The lowest BCUT2D eigenvalue weighted by Crippen LogP contribution is -2.60. The molecule has 244 valence electrons. The van der Waals surface area contributed by atoms with E-state index in [1.54, 1.807) is 0 Å². The minimum atomic E-state index is -3.85. The van der Waals surface area contributed by atoms with E-state index in [1.165, 1.54) is 11.0 Å². The number of rotatable bonds is 10. The van der Waals surface area contributed by atoms with Crippen LogP contribution in [0.1, 0.15) is 91.9 Å². The number of carbonyl (C=O) groups excluding carboxylic acids is 4. The number of oxime groups is 1. The molecule has 4 fully saturated rings. The lowest BCUT2D eigenvalue weighted by molar-refractivity contribution is -0.143. The molecule has 5 atom stereocenters. The normalized spacial score (nSPS) is 30.7. The van der Waals surface area contributed by atoms with Crippen molar-refractivity contribution in [1.82, 2.24) is 20.3 Å². The second kappa shape index (κ2) is 11.6. The Bertz CT molecular complexity index is 1350. The maximum Gasteiger partial charge on any atom is 0.408 e. The van der Waals surface area contributed by atoms with E-state index in [1.807, 2.05) is 27.7 Å². The maximum absolute atomic E-state index is 14.3. The van der Waals surface area contributed by atoms with Crippen molar-refractivity contribution in [2.24, 2.45) is 16.5 Å². The number of amides is 4. The summed E-state index contributed by atoms with van der Waals surface area (Å²) in [6.07, 6.45) is 6.46. The fourth-order valence-corrected chi connectivity index (χ4v) is 7.90. The van der Waals surface area contributed by atoms with Crippen LogP contribution in [-0.2, 0) is 34.0 Å². The molecule has 1 saturated heterocycles. The summed E-state index contributed by atoms with van der Waals surface area (Å²) >= 11 is 0. The van der Waals surface area contributed by atoms with Gasteiger partial charge in [0.25, 0.3) is 5.91 Å². The number of ether oxygens (including phenoxy) is 1. The average Bonchev–Trinajstić information content (AvgIpc) is 3.78. The van der Waals surface area contributed by atoms with E-state index in [0.717, 1.165) is 31.4 Å². The van der Waals surface area contributed by atoms with Gasteiger partial charge in [-0.15, -0.1) is 6.58 Å². The Morgan fingerprint density at radius 2 is 1.84 bits per heavy atom. The SMILES string of the molecule is C=C[C@@H]1C[C@]1(NC(=O)[C@@H]1C[C@]2(CC(CC)=NO2)CN1C(=O)[C@@H](NC(=O)OC1CCCC1)C(C)(C)C)C(=O)NS(=O)(=O)C1CC1. The Labute approximate surface area is 258 Å². The van der Waals surface area contributed by atoms with Crippen LogP contribution in [0, 0.1) is 11.3 Å². The molecule has 3 N–H and O–H groups in total. The highest BCUT2D eigenvalue weighted by atomic mass is 32.2. The largest absolute Gasteiger partial charge is 0.446 e. The van der Waals surface area contributed by atoms with Crippen molar-refractivity contribution in [3.63, 3.8) is 0 Å². The third-order valence-corrected chi connectivity index (χ3v) is 11.3. The van der Waals surface area contributed by atoms with Crippen LogP contribution >= 0.6 is 0 Å². The predicted octanol–water partition coefficient (Wildman–Crippen LogP) is 2.27. The number of carbonyl (C=O) groups is 4. The van der Waals surface area contributed by atoms with Crippen LogP contribution in [0.3, 0.4) is 0 Å². The van der Waals surface area contributed by atoms with Gasteiger partial charge in [-0.05, 0) is 56.8 Å². The highest BCUT2D eigenvalue weighted by Gasteiger charge is 2.63. The van der Waals surface area contributed by atoms with Gasteiger partial charge in [0.1, 0.15) is 23.7 Å². The molecule has 1 spiro atoms. The third-order valence-electron chi connectivity index (χ3n) is 9.49. The van der Waals surface area contributed by atoms with Gasteiger partial charge in [-0.25, -0.2) is 13.2 Å². The molecule has 44 heavy (non-hydrogen) atoms. The molecule has 5 aliphatic rings. The fraction of sp³-hybridized carbons (Fsp3) is 0.767. The fourth-order valence-electron chi connectivity index (χ4n) is 6.54. The second-order valence-corrected chi connectivity index (χ2v) is 16.0. The van der Waals surface area contributed by atoms with Crippen molar-refractivity contribution in [2.45, 2.75) is 126 Å². The number of sulfonamides is 1. The molecule has 2 heterocycles. The molecule has 0 aromatic carbocycles. The number of nitrogens with one attached hydrogen (secondary N) is 3. The molecule has 3 aliphatic carbocycles. The molecule has 14 heteroatoms. The molecule has 0 aromatic rings. The predicted molar refractivity (Wildman–Crippen MR) is 161 cm³/mol. The number of likely N-dealkylation sites (tertiary alicyclic amines) is 1. The van der Waals surface area contributed by atoms with Gasteiger partial charge in [-0.2, -0.15) is 0 Å². The molecule has 5 rings (SSSR count). The van der Waals surface area contributed by atoms with E-state index in [0.29, 0.717) is 25.7 Å². The van der Waals surface area contributed by atoms with Crippen LogP contribution in [0.4, 0.5) is 4.79 Å². The van der Waals surface area contributed by atoms with E-state index in [4.69, 9.17) is 9.57 Å². The number of hydrogen-bond acceptors (Lipinski definition) is 9. The molecule has 0 aromatic heterocycles. The van der Waals surface area contributed by atoms with Crippen molar-refractivity contribution in [2.75, 3.05) is 6.54 Å². The molecule has 0 radical (unpaired) electrons. The zero-order valence-corrected chi connectivity index (χ0v) is 26.8. The van der Waals surface area contributed by atoms with Crippen LogP contribution in [0.25, 0.3) is 0 Å². The molecule has 2 aliphatic heterocycles. The summed E-state index contributed by atoms with van der Waals surface area (Å²) in [5.41, 5.74) is -2.38. The van der Waals surface area contributed by atoms with Crippen LogP contribution in [0.2, 0.25) is 0 Å².